The van der Waals surface area contributed by atoms with Gasteiger partial charge in [-0.3, -0.25) is 0 Å². The standard InChI is InChI=1S/C59H60F2/c1-56(2,3)35-36-13-15-37(16-14-36)50-46-31-25-42(58(7,8)9)33-48(46)53(40-21-29-45(61)30-22-40)55-51(38-17-23-41(24-18-38)57(4,5)6)47-32-26-43(59(10,11)12)34-49(47)52(54(50)55)39-19-27-44(60)28-20-39/h13-34H,35H2,1-12H3. The smallest absolute Gasteiger partial charge is 0.123 e. The molecular weight excluding hydrogens is 747 g/mol. The number of hydrogen-bond donors (Lipinski definition) is 0. The van der Waals surface area contributed by atoms with E-state index in [0.29, 0.717) is 0 Å². The van der Waals surface area contributed by atoms with Crippen LogP contribution in [0.1, 0.15) is 105 Å². The number of hydrogen-bond acceptors (Lipinski definition) is 0. The van der Waals surface area contributed by atoms with Crippen molar-refractivity contribution in [3.8, 4) is 44.5 Å². The number of halogens is 2. The molecule has 0 bridgehead atoms. The van der Waals surface area contributed by atoms with Gasteiger partial charge in [0.25, 0.3) is 0 Å². The Morgan fingerprint density at radius 1 is 0.328 bits per heavy atom. The summed E-state index contributed by atoms with van der Waals surface area (Å²) in [5, 5.41) is 6.65. The van der Waals surface area contributed by atoms with E-state index in [1.54, 1.807) is 24.3 Å². The lowest BCUT2D eigenvalue weighted by atomic mass is 9.75. The third kappa shape index (κ3) is 8.15. The first-order chi connectivity index (χ1) is 28.6. The lowest BCUT2D eigenvalue weighted by molar-refractivity contribution is 0.411. The average molecular weight is 807 g/mol. The highest BCUT2D eigenvalue weighted by atomic mass is 19.1. The number of fused-ring (bicyclic) bond motifs is 3. The van der Waals surface area contributed by atoms with Crippen molar-refractivity contribution in [1.82, 2.24) is 0 Å². The second-order valence-corrected chi connectivity index (χ2v) is 21.5. The molecule has 8 aromatic carbocycles. The van der Waals surface area contributed by atoms with Crippen molar-refractivity contribution in [2.75, 3.05) is 0 Å². The molecule has 61 heavy (non-hydrogen) atoms. The van der Waals surface area contributed by atoms with E-state index < -0.39 is 0 Å². The minimum absolute atomic E-state index is 0.0259. The molecule has 0 N–H and O–H groups in total. The first-order valence-electron chi connectivity index (χ1n) is 21.8. The molecule has 0 aliphatic rings. The minimum Gasteiger partial charge on any atom is -0.207 e. The lowest BCUT2D eigenvalue weighted by Gasteiger charge is -2.28. The van der Waals surface area contributed by atoms with Gasteiger partial charge in [0.2, 0.25) is 0 Å². The topological polar surface area (TPSA) is 0 Å². The van der Waals surface area contributed by atoms with Crippen LogP contribution in [0.25, 0.3) is 76.8 Å². The van der Waals surface area contributed by atoms with Crippen LogP contribution >= 0.6 is 0 Å². The predicted octanol–water partition coefficient (Wildman–Crippen LogP) is 17.6. The van der Waals surface area contributed by atoms with E-state index in [4.69, 9.17) is 0 Å². The molecule has 0 spiro atoms. The molecule has 0 unspecified atom stereocenters. The Bertz CT molecular complexity index is 2920. The second kappa shape index (κ2) is 15.1. The van der Waals surface area contributed by atoms with Crippen LogP contribution in [-0.2, 0) is 22.7 Å². The van der Waals surface area contributed by atoms with Crippen LogP contribution in [0.4, 0.5) is 8.78 Å². The van der Waals surface area contributed by atoms with E-state index in [-0.39, 0.29) is 33.3 Å². The molecular formula is C59H60F2. The Morgan fingerprint density at radius 3 is 0.951 bits per heavy atom. The van der Waals surface area contributed by atoms with Crippen molar-refractivity contribution in [3.05, 3.63) is 167 Å². The van der Waals surface area contributed by atoms with Crippen molar-refractivity contribution < 1.29 is 8.78 Å². The lowest BCUT2D eigenvalue weighted by Crippen LogP contribution is -2.11. The van der Waals surface area contributed by atoms with Crippen molar-refractivity contribution in [1.29, 1.82) is 0 Å². The summed E-state index contributed by atoms with van der Waals surface area (Å²) in [6, 6.07) is 46.3. The molecule has 0 heterocycles. The molecule has 8 aromatic rings. The van der Waals surface area contributed by atoms with E-state index in [0.717, 1.165) is 83.2 Å². The maximum atomic E-state index is 15.0. The molecule has 310 valence electrons. The van der Waals surface area contributed by atoms with E-state index in [1.165, 1.54) is 22.3 Å². The SMILES string of the molecule is CC(C)(C)Cc1ccc(-c2c3ccc(C(C)(C)C)cc3c(-c3ccc(F)cc3)c3c(-c4ccc(C(C)(C)C)cc4)c4ccc(C(C)(C)C)cc4c(-c4ccc(F)cc4)c23)cc1. The maximum Gasteiger partial charge on any atom is 0.123 e. The normalized spacial score (nSPS) is 12.8. The maximum absolute atomic E-state index is 15.0. The van der Waals surface area contributed by atoms with Gasteiger partial charge in [-0.15, -0.1) is 0 Å². The van der Waals surface area contributed by atoms with Crippen molar-refractivity contribution in [2.45, 2.75) is 106 Å². The Labute approximate surface area is 362 Å². The number of rotatable bonds is 5. The number of benzene rings is 8. The summed E-state index contributed by atoms with van der Waals surface area (Å²) >= 11 is 0. The van der Waals surface area contributed by atoms with E-state index >= 15 is 0 Å². The van der Waals surface area contributed by atoms with E-state index in [1.807, 2.05) is 24.3 Å². The third-order valence-electron chi connectivity index (χ3n) is 12.4. The zero-order valence-electron chi connectivity index (χ0n) is 38.2. The van der Waals surface area contributed by atoms with Crippen LogP contribution in [-0.4, -0.2) is 0 Å². The van der Waals surface area contributed by atoms with E-state index in [9.17, 15) is 8.78 Å². The zero-order valence-corrected chi connectivity index (χ0v) is 38.2. The molecule has 0 nitrogen and oxygen atoms in total. The van der Waals surface area contributed by atoms with E-state index in [2.05, 4.69) is 168 Å². The van der Waals surface area contributed by atoms with Gasteiger partial charge in [-0.25, -0.2) is 8.78 Å². The van der Waals surface area contributed by atoms with Crippen molar-refractivity contribution >= 4 is 32.3 Å². The molecule has 0 saturated heterocycles. The van der Waals surface area contributed by atoms with Crippen LogP contribution in [0.3, 0.4) is 0 Å². The van der Waals surface area contributed by atoms with Gasteiger partial charge in [-0.05, 0) is 164 Å². The van der Waals surface area contributed by atoms with Crippen LogP contribution in [0.2, 0.25) is 0 Å². The Balaban J connectivity index is 1.72. The Hall–Kier alpha value is -5.60. The molecule has 2 heteroatoms. The highest BCUT2D eigenvalue weighted by Gasteiger charge is 2.29. The molecule has 0 radical (unpaired) electrons. The third-order valence-corrected chi connectivity index (χ3v) is 12.4. The first-order valence-corrected chi connectivity index (χ1v) is 21.8. The van der Waals surface area contributed by atoms with Crippen LogP contribution in [0.15, 0.2) is 133 Å². The Morgan fingerprint density at radius 2 is 0.623 bits per heavy atom. The summed E-state index contributed by atoms with van der Waals surface area (Å²) in [6.45, 7) is 27.2. The summed E-state index contributed by atoms with van der Waals surface area (Å²) in [7, 11) is 0. The fourth-order valence-electron chi connectivity index (χ4n) is 9.13. The summed E-state index contributed by atoms with van der Waals surface area (Å²) in [4.78, 5) is 0. The summed E-state index contributed by atoms with van der Waals surface area (Å²) in [6.07, 6.45) is 0.961. The molecule has 0 amide bonds. The quantitative estimate of drug-likeness (QED) is 0.152. The van der Waals surface area contributed by atoms with Crippen molar-refractivity contribution in [2.24, 2.45) is 5.41 Å². The molecule has 0 fully saturated rings. The van der Waals surface area contributed by atoms with Gasteiger partial charge in [0.05, 0.1) is 0 Å². The Kier molecular flexibility index (Phi) is 10.4. The largest absolute Gasteiger partial charge is 0.207 e. The van der Waals surface area contributed by atoms with Gasteiger partial charge in [0.15, 0.2) is 0 Å². The molecule has 0 atom stereocenters. The second-order valence-electron chi connectivity index (χ2n) is 21.5. The van der Waals surface area contributed by atoms with Gasteiger partial charge >= 0.3 is 0 Å². The monoisotopic (exact) mass is 806 g/mol. The zero-order chi connectivity index (χ0) is 43.8. The van der Waals surface area contributed by atoms with Gasteiger partial charge in [0, 0.05) is 0 Å². The van der Waals surface area contributed by atoms with Gasteiger partial charge in [-0.2, -0.15) is 0 Å². The minimum atomic E-state index is -0.273. The molecule has 0 aromatic heterocycles. The first kappa shape index (κ1) is 42.1. The van der Waals surface area contributed by atoms with Gasteiger partial charge < -0.3 is 0 Å². The van der Waals surface area contributed by atoms with Crippen molar-refractivity contribution in [3.63, 3.8) is 0 Å². The molecule has 0 saturated carbocycles. The van der Waals surface area contributed by atoms with Gasteiger partial charge in [-0.1, -0.05) is 180 Å². The highest BCUT2D eigenvalue weighted by Crippen LogP contribution is 2.54. The molecule has 0 aliphatic carbocycles. The van der Waals surface area contributed by atoms with Crippen LogP contribution in [0.5, 0.6) is 0 Å². The molecule has 8 rings (SSSR count). The highest BCUT2D eigenvalue weighted by molar-refractivity contribution is 6.34. The fraction of sp³-hybridized carbons (Fsp3) is 0.288. The predicted molar refractivity (Wildman–Crippen MR) is 260 cm³/mol. The van der Waals surface area contributed by atoms with Crippen LogP contribution in [0, 0.1) is 17.0 Å². The summed E-state index contributed by atoms with van der Waals surface area (Å²) in [5.41, 5.74) is 13.3. The summed E-state index contributed by atoms with van der Waals surface area (Å²) in [5.74, 6) is -0.546. The fourth-order valence-corrected chi connectivity index (χ4v) is 9.13. The van der Waals surface area contributed by atoms with Crippen LogP contribution < -0.4 is 0 Å². The van der Waals surface area contributed by atoms with Gasteiger partial charge in [0.1, 0.15) is 11.6 Å². The summed E-state index contributed by atoms with van der Waals surface area (Å²) < 4.78 is 30.0. The average Bonchev–Trinajstić information content (AvgIpc) is 3.18. The molecule has 0 aliphatic heterocycles.